The highest BCUT2D eigenvalue weighted by Gasteiger charge is 2.15. The van der Waals surface area contributed by atoms with Crippen LogP contribution in [0.25, 0.3) is 0 Å². The molecule has 0 amide bonds. The number of carbonyl (C=O) groups is 2. The van der Waals surface area contributed by atoms with Gasteiger partial charge in [0.15, 0.2) is 11.6 Å². The van der Waals surface area contributed by atoms with Crippen LogP contribution in [0.15, 0.2) is 42.5 Å². The lowest BCUT2D eigenvalue weighted by atomic mass is 9.99. The second-order valence-electron chi connectivity index (χ2n) is 5.69. The zero-order chi connectivity index (χ0) is 15.5. The van der Waals surface area contributed by atoms with E-state index < -0.39 is 5.82 Å². The van der Waals surface area contributed by atoms with Gasteiger partial charge in [-0.05, 0) is 48.6 Å². The first-order valence-electron chi connectivity index (χ1n) is 7.57. The second kappa shape index (κ2) is 6.22. The largest absolute Gasteiger partial charge is 0.294 e. The maximum Gasteiger partial charge on any atom is 0.163 e. The summed E-state index contributed by atoms with van der Waals surface area (Å²) in [5.41, 5.74) is 3.57. The molecule has 3 heteroatoms. The molecule has 0 atom stereocenters. The van der Waals surface area contributed by atoms with E-state index in [-0.39, 0.29) is 24.4 Å². The third kappa shape index (κ3) is 3.14. The number of carbonyl (C=O) groups excluding carboxylic acids is 2. The molecule has 3 rings (SSSR count). The van der Waals surface area contributed by atoms with Crippen LogP contribution in [-0.4, -0.2) is 11.6 Å². The number of aryl methyl sites for hydroxylation is 2. The lowest BCUT2D eigenvalue weighted by Crippen LogP contribution is -2.06. The van der Waals surface area contributed by atoms with Crippen molar-refractivity contribution < 1.29 is 14.0 Å². The summed E-state index contributed by atoms with van der Waals surface area (Å²) in [6.07, 6.45) is 3.53. The van der Waals surface area contributed by atoms with E-state index in [4.69, 9.17) is 0 Å². The number of benzene rings is 2. The molecule has 2 nitrogen and oxygen atoms in total. The Morgan fingerprint density at radius 1 is 0.864 bits per heavy atom. The fourth-order valence-electron chi connectivity index (χ4n) is 2.92. The van der Waals surface area contributed by atoms with Gasteiger partial charge < -0.3 is 0 Å². The third-order valence-corrected chi connectivity index (χ3v) is 4.15. The van der Waals surface area contributed by atoms with Gasteiger partial charge in [-0.15, -0.1) is 0 Å². The maximum absolute atomic E-state index is 13.1. The van der Waals surface area contributed by atoms with Crippen LogP contribution in [0.1, 0.15) is 51.1 Å². The van der Waals surface area contributed by atoms with Gasteiger partial charge in [-0.1, -0.05) is 24.3 Å². The number of halogens is 1. The average Bonchev–Trinajstić information content (AvgIpc) is 2.99. The Kier molecular flexibility index (Phi) is 4.14. The van der Waals surface area contributed by atoms with E-state index in [2.05, 4.69) is 0 Å². The van der Waals surface area contributed by atoms with Crippen LogP contribution in [0, 0.1) is 5.82 Å². The van der Waals surface area contributed by atoms with Crippen molar-refractivity contribution in [2.45, 2.75) is 32.1 Å². The Bertz CT molecular complexity index is 734. The normalized spacial score (nSPS) is 13.0. The molecular formula is C19H17FO2. The van der Waals surface area contributed by atoms with Crippen LogP contribution in [-0.2, 0) is 12.8 Å². The topological polar surface area (TPSA) is 34.1 Å². The van der Waals surface area contributed by atoms with Crippen molar-refractivity contribution in [3.63, 3.8) is 0 Å². The Hall–Kier alpha value is -2.29. The van der Waals surface area contributed by atoms with E-state index in [1.54, 1.807) is 6.07 Å². The lowest BCUT2D eigenvalue weighted by molar-refractivity contribution is 0.0917. The van der Waals surface area contributed by atoms with Crippen LogP contribution in [0.4, 0.5) is 4.39 Å². The van der Waals surface area contributed by atoms with Crippen LogP contribution < -0.4 is 0 Å². The molecule has 2 aromatic carbocycles. The first-order valence-corrected chi connectivity index (χ1v) is 7.57. The predicted octanol–water partition coefficient (Wildman–Crippen LogP) is 4.16. The minimum Gasteiger partial charge on any atom is -0.294 e. The summed E-state index contributed by atoms with van der Waals surface area (Å²) in [6.45, 7) is 0. The summed E-state index contributed by atoms with van der Waals surface area (Å²) in [7, 11) is 0. The number of hydrogen-bond donors (Lipinski definition) is 0. The molecule has 0 saturated heterocycles. The van der Waals surface area contributed by atoms with Crippen LogP contribution in [0.2, 0.25) is 0 Å². The smallest absolute Gasteiger partial charge is 0.163 e. The Balaban J connectivity index is 1.64. The molecule has 0 heterocycles. The van der Waals surface area contributed by atoms with Gasteiger partial charge in [0.25, 0.3) is 0 Å². The summed E-state index contributed by atoms with van der Waals surface area (Å²) in [5, 5.41) is 0. The number of ketones is 2. The van der Waals surface area contributed by atoms with E-state index in [1.165, 1.54) is 29.3 Å². The van der Waals surface area contributed by atoms with Gasteiger partial charge in [0, 0.05) is 24.0 Å². The van der Waals surface area contributed by atoms with E-state index in [9.17, 15) is 14.0 Å². The summed E-state index contributed by atoms with van der Waals surface area (Å²) in [5.74, 6) is -0.663. The maximum atomic E-state index is 13.1. The van der Waals surface area contributed by atoms with Gasteiger partial charge >= 0.3 is 0 Å². The molecule has 0 aromatic heterocycles. The summed E-state index contributed by atoms with van der Waals surface area (Å²) < 4.78 is 13.1. The molecule has 0 saturated carbocycles. The average molecular weight is 296 g/mol. The molecule has 1 aliphatic rings. The molecular weight excluding hydrogens is 279 g/mol. The quantitative estimate of drug-likeness (QED) is 0.776. The van der Waals surface area contributed by atoms with Gasteiger partial charge in [0.1, 0.15) is 5.82 Å². The van der Waals surface area contributed by atoms with Gasteiger partial charge in [-0.2, -0.15) is 0 Å². The van der Waals surface area contributed by atoms with E-state index >= 15 is 0 Å². The monoisotopic (exact) mass is 296 g/mol. The van der Waals surface area contributed by atoms with Gasteiger partial charge in [-0.25, -0.2) is 4.39 Å². The van der Waals surface area contributed by atoms with Crippen LogP contribution >= 0.6 is 0 Å². The van der Waals surface area contributed by atoms with Gasteiger partial charge in [-0.3, -0.25) is 9.59 Å². The fourth-order valence-corrected chi connectivity index (χ4v) is 2.92. The molecule has 1 aliphatic carbocycles. The zero-order valence-electron chi connectivity index (χ0n) is 12.3. The molecule has 0 radical (unpaired) electrons. The van der Waals surface area contributed by atoms with Crippen molar-refractivity contribution in [2.24, 2.45) is 0 Å². The number of Topliss-reactive ketones (excluding diaryl/α,β-unsaturated/α-hetero) is 2. The highest BCUT2D eigenvalue weighted by Crippen LogP contribution is 2.23. The molecule has 0 fully saturated rings. The van der Waals surface area contributed by atoms with Crippen LogP contribution in [0.3, 0.4) is 0 Å². The molecule has 0 unspecified atom stereocenters. The Morgan fingerprint density at radius 2 is 1.55 bits per heavy atom. The lowest BCUT2D eigenvalue weighted by Gasteiger charge is -2.05. The summed E-state index contributed by atoms with van der Waals surface area (Å²) >= 11 is 0. The van der Waals surface area contributed by atoms with Gasteiger partial charge in [0.2, 0.25) is 0 Å². The van der Waals surface area contributed by atoms with Crippen molar-refractivity contribution in [1.82, 2.24) is 0 Å². The molecule has 112 valence electrons. The second-order valence-corrected chi connectivity index (χ2v) is 5.69. The molecule has 0 N–H and O–H groups in total. The first-order chi connectivity index (χ1) is 10.6. The summed E-state index contributed by atoms with van der Waals surface area (Å²) in [6, 6.07) is 11.4. The van der Waals surface area contributed by atoms with Crippen molar-refractivity contribution in [3.05, 3.63) is 70.5 Å². The highest BCUT2D eigenvalue weighted by molar-refractivity contribution is 6.02. The van der Waals surface area contributed by atoms with E-state index in [0.29, 0.717) is 11.1 Å². The highest BCUT2D eigenvalue weighted by atomic mass is 19.1. The van der Waals surface area contributed by atoms with Gasteiger partial charge in [0.05, 0.1) is 0 Å². The first kappa shape index (κ1) is 14.6. The molecule has 0 aliphatic heterocycles. The number of fused-ring (bicyclic) bond motifs is 1. The minimum absolute atomic E-state index is 0.0283. The Morgan fingerprint density at radius 3 is 2.27 bits per heavy atom. The van der Waals surface area contributed by atoms with E-state index in [1.807, 2.05) is 18.2 Å². The number of hydrogen-bond acceptors (Lipinski definition) is 2. The van der Waals surface area contributed by atoms with E-state index in [0.717, 1.165) is 19.3 Å². The molecule has 0 spiro atoms. The fraction of sp³-hybridized carbons (Fsp3) is 0.263. The van der Waals surface area contributed by atoms with Crippen molar-refractivity contribution in [1.29, 1.82) is 0 Å². The van der Waals surface area contributed by atoms with Crippen LogP contribution in [0.5, 0.6) is 0 Å². The van der Waals surface area contributed by atoms with Crippen molar-refractivity contribution >= 4 is 11.6 Å². The Labute approximate surface area is 129 Å². The third-order valence-electron chi connectivity index (χ3n) is 4.15. The molecule has 2 aromatic rings. The molecule has 0 bridgehead atoms. The zero-order valence-corrected chi connectivity index (χ0v) is 12.3. The predicted molar refractivity (Wildman–Crippen MR) is 82.8 cm³/mol. The molecule has 22 heavy (non-hydrogen) atoms. The summed E-state index contributed by atoms with van der Waals surface area (Å²) in [4.78, 5) is 24.2. The number of rotatable bonds is 5. The van der Waals surface area contributed by atoms with Crippen molar-refractivity contribution in [2.75, 3.05) is 0 Å². The SMILES string of the molecule is O=C(CCC(=O)c1ccc2c(c1)CCC2)c1cccc(F)c1. The standard InChI is InChI=1S/C19H17FO2/c20-17-6-2-5-15(12-17)18(21)9-10-19(22)16-8-7-13-3-1-4-14(13)11-16/h2,5-8,11-12H,1,3-4,9-10H2. The van der Waals surface area contributed by atoms with Crippen molar-refractivity contribution in [3.8, 4) is 0 Å². The minimum atomic E-state index is -0.434.